The lowest BCUT2D eigenvalue weighted by Crippen LogP contribution is -2.39. The first-order valence-corrected chi connectivity index (χ1v) is 6.57. The second-order valence-corrected chi connectivity index (χ2v) is 4.93. The Labute approximate surface area is 113 Å². The van der Waals surface area contributed by atoms with Crippen LogP contribution < -0.4 is 0 Å². The van der Waals surface area contributed by atoms with E-state index < -0.39 is 5.97 Å². The van der Waals surface area contributed by atoms with Gasteiger partial charge in [-0.2, -0.15) is 0 Å². The average Bonchev–Trinajstić information content (AvgIpc) is 2.34. The lowest BCUT2D eigenvalue weighted by Gasteiger charge is -2.33. The maximum Gasteiger partial charge on any atom is 0.317 e. The molecule has 4 heteroatoms. The van der Waals surface area contributed by atoms with Gasteiger partial charge in [0.15, 0.2) is 0 Å². The van der Waals surface area contributed by atoms with E-state index in [1.54, 1.807) is 0 Å². The lowest BCUT2D eigenvalue weighted by atomic mass is 10.0. The van der Waals surface area contributed by atoms with Crippen molar-refractivity contribution >= 4 is 17.6 Å². The van der Waals surface area contributed by atoms with Crippen LogP contribution in [0.5, 0.6) is 0 Å². The van der Waals surface area contributed by atoms with Gasteiger partial charge < -0.3 is 5.11 Å². The second-order valence-electron chi connectivity index (χ2n) is 4.52. The highest BCUT2D eigenvalue weighted by atomic mass is 35.5. The van der Waals surface area contributed by atoms with Crippen molar-refractivity contribution in [1.29, 1.82) is 0 Å². The van der Waals surface area contributed by atoms with Crippen molar-refractivity contribution in [3.63, 3.8) is 0 Å². The Morgan fingerprint density at radius 1 is 1.39 bits per heavy atom. The van der Waals surface area contributed by atoms with Crippen LogP contribution in [0.3, 0.4) is 0 Å². The van der Waals surface area contributed by atoms with Crippen LogP contribution in [0, 0.1) is 0 Å². The third-order valence-electron chi connectivity index (χ3n) is 3.33. The molecule has 0 heterocycles. The highest BCUT2D eigenvalue weighted by molar-refractivity contribution is 6.31. The Bertz CT molecular complexity index is 409. The molecule has 2 atom stereocenters. The molecule has 0 aliphatic carbocycles. The molecule has 1 rings (SSSR count). The number of carboxylic acids is 1. The lowest BCUT2D eigenvalue weighted by molar-refractivity contribution is -0.139. The second kappa shape index (κ2) is 6.76. The van der Waals surface area contributed by atoms with Gasteiger partial charge in [-0.1, -0.05) is 36.7 Å². The predicted octanol–water partition coefficient (Wildman–Crippen LogP) is 3.59. The van der Waals surface area contributed by atoms with Crippen molar-refractivity contribution in [3.8, 4) is 0 Å². The maximum absolute atomic E-state index is 11.0. The Balaban J connectivity index is 2.98. The molecule has 1 N–H and O–H groups in total. The molecule has 0 radical (unpaired) electrons. The fraction of sp³-hybridized carbons (Fsp3) is 0.500. The minimum Gasteiger partial charge on any atom is -0.480 e. The number of hydrogen-bond donors (Lipinski definition) is 1. The molecule has 1 aromatic carbocycles. The first kappa shape index (κ1) is 15.0. The number of aliphatic carboxylic acids is 1. The predicted molar refractivity (Wildman–Crippen MR) is 74.0 cm³/mol. The molecule has 0 saturated heterocycles. The normalized spacial score (nSPS) is 14.5. The van der Waals surface area contributed by atoms with E-state index in [-0.39, 0.29) is 18.6 Å². The van der Waals surface area contributed by atoms with E-state index in [0.717, 1.165) is 12.0 Å². The van der Waals surface area contributed by atoms with Crippen LogP contribution in [0.2, 0.25) is 5.02 Å². The summed E-state index contributed by atoms with van der Waals surface area (Å²) in [5.74, 6) is -0.811. The zero-order valence-corrected chi connectivity index (χ0v) is 11.8. The average molecular weight is 270 g/mol. The summed E-state index contributed by atoms with van der Waals surface area (Å²) in [7, 11) is 0. The highest BCUT2D eigenvalue weighted by Crippen LogP contribution is 2.28. The molecule has 3 nitrogen and oxygen atoms in total. The van der Waals surface area contributed by atoms with Crippen molar-refractivity contribution in [3.05, 3.63) is 34.9 Å². The van der Waals surface area contributed by atoms with Crippen LogP contribution in [0.25, 0.3) is 0 Å². The minimum atomic E-state index is -0.811. The van der Waals surface area contributed by atoms with Gasteiger partial charge in [0.25, 0.3) is 0 Å². The van der Waals surface area contributed by atoms with E-state index in [9.17, 15) is 4.79 Å². The minimum absolute atomic E-state index is 0.00949. The number of rotatable bonds is 6. The van der Waals surface area contributed by atoms with Crippen LogP contribution in [0.4, 0.5) is 0 Å². The molecular weight excluding hydrogens is 250 g/mol. The molecule has 2 unspecified atom stereocenters. The summed E-state index contributed by atoms with van der Waals surface area (Å²) in [5.41, 5.74) is 0.973. The number of carbonyl (C=O) groups is 1. The van der Waals surface area contributed by atoms with Crippen molar-refractivity contribution in [2.24, 2.45) is 0 Å². The molecule has 18 heavy (non-hydrogen) atoms. The molecular formula is C14H20ClNO2. The summed E-state index contributed by atoms with van der Waals surface area (Å²) in [4.78, 5) is 12.9. The van der Waals surface area contributed by atoms with E-state index in [0.29, 0.717) is 5.02 Å². The van der Waals surface area contributed by atoms with Gasteiger partial charge in [-0.25, -0.2) is 0 Å². The Kier molecular flexibility index (Phi) is 5.63. The summed E-state index contributed by atoms with van der Waals surface area (Å²) in [6.45, 7) is 6.12. The number of benzene rings is 1. The van der Waals surface area contributed by atoms with Gasteiger partial charge in [0, 0.05) is 17.1 Å². The van der Waals surface area contributed by atoms with Crippen molar-refractivity contribution in [2.45, 2.75) is 39.3 Å². The molecule has 0 saturated carbocycles. The molecule has 100 valence electrons. The SMILES string of the molecule is CCC(C)N(CC(=O)O)C(C)c1ccccc1Cl. The van der Waals surface area contributed by atoms with E-state index in [1.807, 2.05) is 43.0 Å². The Morgan fingerprint density at radius 3 is 2.50 bits per heavy atom. The van der Waals surface area contributed by atoms with E-state index in [4.69, 9.17) is 16.7 Å². The van der Waals surface area contributed by atoms with Gasteiger partial charge in [0.05, 0.1) is 6.54 Å². The van der Waals surface area contributed by atoms with Gasteiger partial charge in [-0.15, -0.1) is 0 Å². The van der Waals surface area contributed by atoms with Gasteiger partial charge in [0.2, 0.25) is 0 Å². The summed E-state index contributed by atoms with van der Waals surface area (Å²) < 4.78 is 0. The van der Waals surface area contributed by atoms with Crippen molar-refractivity contribution in [2.75, 3.05) is 6.54 Å². The fourth-order valence-electron chi connectivity index (χ4n) is 2.06. The summed E-state index contributed by atoms with van der Waals surface area (Å²) in [6.07, 6.45) is 0.905. The number of carboxylic acid groups (broad SMARTS) is 1. The van der Waals surface area contributed by atoms with E-state index >= 15 is 0 Å². The van der Waals surface area contributed by atoms with Gasteiger partial charge in [0.1, 0.15) is 0 Å². The number of halogens is 1. The Morgan fingerprint density at radius 2 is 2.00 bits per heavy atom. The molecule has 0 aliphatic rings. The highest BCUT2D eigenvalue weighted by Gasteiger charge is 2.23. The number of nitrogens with zero attached hydrogens (tertiary/aromatic N) is 1. The molecule has 0 spiro atoms. The van der Waals surface area contributed by atoms with Gasteiger partial charge in [-0.3, -0.25) is 9.69 Å². The maximum atomic E-state index is 11.0. The monoisotopic (exact) mass is 269 g/mol. The van der Waals surface area contributed by atoms with E-state index in [2.05, 4.69) is 6.92 Å². The first-order valence-electron chi connectivity index (χ1n) is 6.19. The molecule has 1 aromatic rings. The van der Waals surface area contributed by atoms with E-state index in [1.165, 1.54) is 0 Å². The van der Waals surface area contributed by atoms with Crippen molar-refractivity contribution < 1.29 is 9.90 Å². The third-order valence-corrected chi connectivity index (χ3v) is 3.67. The van der Waals surface area contributed by atoms with Crippen LogP contribution in [-0.4, -0.2) is 28.6 Å². The molecule has 0 amide bonds. The fourth-order valence-corrected chi connectivity index (χ4v) is 2.35. The summed E-state index contributed by atoms with van der Waals surface area (Å²) in [6, 6.07) is 7.78. The van der Waals surface area contributed by atoms with Crippen LogP contribution >= 0.6 is 11.6 Å². The Hall–Kier alpha value is -1.06. The van der Waals surface area contributed by atoms with Crippen LogP contribution in [0.15, 0.2) is 24.3 Å². The summed E-state index contributed by atoms with van der Waals surface area (Å²) >= 11 is 6.17. The zero-order valence-electron chi connectivity index (χ0n) is 11.1. The zero-order chi connectivity index (χ0) is 13.7. The largest absolute Gasteiger partial charge is 0.480 e. The molecule has 0 fully saturated rings. The number of hydrogen-bond acceptors (Lipinski definition) is 2. The standard InChI is InChI=1S/C14H20ClNO2/c1-4-10(2)16(9-14(17)18)11(3)12-7-5-6-8-13(12)15/h5-8,10-11H,4,9H2,1-3H3,(H,17,18). The van der Waals surface area contributed by atoms with Crippen LogP contribution in [0.1, 0.15) is 38.8 Å². The molecule has 0 aliphatic heterocycles. The first-order chi connectivity index (χ1) is 8.47. The van der Waals surface area contributed by atoms with Gasteiger partial charge in [-0.05, 0) is 31.9 Å². The quantitative estimate of drug-likeness (QED) is 0.858. The van der Waals surface area contributed by atoms with Crippen LogP contribution in [-0.2, 0) is 4.79 Å². The van der Waals surface area contributed by atoms with Crippen molar-refractivity contribution in [1.82, 2.24) is 4.90 Å². The topological polar surface area (TPSA) is 40.5 Å². The smallest absolute Gasteiger partial charge is 0.317 e. The van der Waals surface area contributed by atoms with Gasteiger partial charge >= 0.3 is 5.97 Å². The molecule has 0 aromatic heterocycles. The summed E-state index contributed by atoms with van der Waals surface area (Å²) in [5, 5.41) is 9.70. The third kappa shape index (κ3) is 3.72. The molecule has 0 bridgehead atoms.